The van der Waals surface area contributed by atoms with Crippen molar-refractivity contribution in [3.8, 4) is 0 Å². The van der Waals surface area contributed by atoms with E-state index in [1.165, 1.54) is 12.1 Å². The molecule has 0 radical (unpaired) electrons. The highest BCUT2D eigenvalue weighted by molar-refractivity contribution is 7.90. The number of anilines is 1. The van der Waals surface area contributed by atoms with Crippen molar-refractivity contribution >= 4 is 21.2 Å². The van der Waals surface area contributed by atoms with Crippen LogP contribution >= 0.6 is 0 Å². The predicted octanol–water partition coefficient (Wildman–Crippen LogP) is 4.09. The molecule has 0 saturated carbocycles. The van der Waals surface area contributed by atoms with Crippen molar-refractivity contribution in [3.63, 3.8) is 0 Å². The number of benzene rings is 2. The van der Waals surface area contributed by atoms with Crippen molar-refractivity contribution in [1.29, 1.82) is 0 Å². The average Bonchev–Trinajstić information content (AvgIpc) is 2.52. The van der Waals surface area contributed by atoms with Crippen LogP contribution in [0.15, 0.2) is 41.3 Å². The van der Waals surface area contributed by atoms with E-state index >= 15 is 0 Å². The second-order valence-electron chi connectivity index (χ2n) is 6.24. The van der Waals surface area contributed by atoms with Crippen LogP contribution in [0.5, 0.6) is 0 Å². The van der Waals surface area contributed by atoms with Gasteiger partial charge in [-0.2, -0.15) is 0 Å². The number of hydrogen-bond donors (Lipinski definition) is 1. The zero-order valence-electron chi connectivity index (χ0n) is 14.4. The van der Waals surface area contributed by atoms with Crippen molar-refractivity contribution in [3.05, 3.63) is 63.7 Å². The molecule has 0 aromatic heterocycles. The van der Waals surface area contributed by atoms with Crippen molar-refractivity contribution in [2.45, 2.75) is 24.8 Å². The Labute approximate surface area is 149 Å². The fourth-order valence-electron chi connectivity index (χ4n) is 2.59. The molecular formula is C17H18F2N2O4S. The van der Waals surface area contributed by atoms with Crippen LogP contribution in [0, 0.1) is 27.7 Å². The quantitative estimate of drug-likeness (QED) is 0.599. The van der Waals surface area contributed by atoms with Crippen LogP contribution in [-0.4, -0.2) is 19.6 Å². The zero-order chi connectivity index (χ0) is 19.6. The van der Waals surface area contributed by atoms with E-state index in [1.807, 2.05) is 13.8 Å². The monoisotopic (exact) mass is 384 g/mol. The molecule has 0 aliphatic rings. The van der Waals surface area contributed by atoms with Gasteiger partial charge in [0.2, 0.25) is 0 Å². The van der Waals surface area contributed by atoms with Gasteiger partial charge in [0.05, 0.1) is 11.0 Å². The van der Waals surface area contributed by atoms with Gasteiger partial charge in [-0.25, -0.2) is 17.2 Å². The van der Waals surface area contributed by atoms with Gasteiger partial charge in [0.1, 0.15) is 16.5 Å². The number of sulfone groups is 1. The number of rotatable bonds is 6. The molecule has 2 aromatic carbocycles. The van der Waals surface area contributed by atoms with Gasteiger partial charge in [-0.05, 0) is 24.1 Å². The van der Waals surface area contributed by atoms with Gasteiger partial charge < -0.3 is 5.32 Å². The number of nitrogens with one attached hydrogen (secondary N) is 1. The summed E-state index contributed by atoms with van der Waals surface area (Å²) in [5.74, 6) is -1.57. The lowest BCUT2D eigenvalue weighted by atomic mass is 9.95. The van der Waals surface area contributed by atoms with Crippen LogP contribution in [-0.2, 0) is 9.84 Å². The van der Waals surface area contributed by atoms with E-state index in [9.17, 15) is 27.3 Å². The van der Waals surface area contributed by atoms with E-state index in [-0.39, 0.29) is 17.2 Å². The van der Waals surface area contributed by atoms with E-state index < -0.39 is 43.0 Å². The summed E-state index contributed by atoms with van der Waals surface area (Å²) in [5.41, 5.74) is -0.0498. The fourth-order valence-corrected chi connectivity index (χ4v) is 3.45. The third-order valence-corrected chi connectivity index (χ3v) is 4.97. The Bertz CT molecular complexity index is 946. The number of hydrogen-bond acceptors (Lipinski definition) is 5. The van der Waals surface area contributed by atoms with Crippen molar-refractivity contribution in [1.82, 2.24) is 0 Å². The average molecular weight is 384 g/mol. The highest BCUT2D eigenvalue weighted by atomic mass is 32.2. The minimum absolute atomic E-state index is 0.133. The molecular weight excluding hydrogens is 366 g/mol. The van der Waals surface area contributed by atoms with Crippen LogP contribution in [0.4, 0.5) is 20.2 Å². The summed E-state index contributed by atoms with van der Waals surface area (Å²) in [4.78, 5) is 9.83. The second kappa shape index (κ2) is 7.36. The molecule has 9 heteroatoms. The fraction of sp³-hybridized carbons (Fsp3) is 0.294. The summed E-state index contributed by atoms with van der Waals surface area (Å²) >= 11 is 0. The largest absolute Gasteiger partial charge is 0.378 e. The summed E-state index contributed by atoms with van der Waals surface area (Å²) in [7, 11) is -3.84. The van der Waals surface area contributed by atoms with Crippen LogP contribution < -0.4 is 5.32 Å². The van der Waals surface area contributed by atoms with Crippen LogP contribution in [0.3, 0.4) is 0 Å². The van der Waals surface area contributed by atoms with Crippen molar-refractivity contribution in [2.24, 2.45) is 5.92 Å². The first-order chi connectivity index (χ1) is 12.0. The predicted molar refractivity (Wildman–Crippen MR) is 93.8 cm³/mol. The maximum atomic E-state index is 14.1. The normalized spacial score (nSPS) is 12.8. The Balaban J connectivity index is 2.48. The molecule has 0 aliphatic carbocycles. The van der Waals surface area contributed by atoms with Gasteiger partial charge in [0, 0.05) is 29.6 Å². The molecule has 1 N–H and O–H groups in total. The summed E-state index contributed by atoms with van der Waals surface area (Å²) in [6, 6.07) is 6.19. The zero-order valence-corrected chi connectivity index (χ0v) is 15.2. The van der Waals surface area contributed by atoms with Gasteiger partial charge in [-0.15, -0.1) is 0 Å². The minimum atomic E-state index is -3.84. The molecule has 0 bridgehead atoms. The first-order valence-electron chi connectivity index (χ1n) is 7.70. The summed E-state index contributed by atoms with van der Waals surface area (Å²) in [6.07, 6.45) is 0.874. The first kappa shape index (κ1) is 19.8. The lowest BCUT2D eigenvalue weighted by Crippen LogP contribution is -2.18. The molecule has 0 spiro atoms. The number of halogens is 2. The topological polar surface area (TPSA) is 89.3 Å². The van der Waals surface area contributed by atoms with Gasteiger partial charge in [0.15, 0.2) is 9.84 Å². The Morgan fingerprint density at radius 3 is 2.27 bits per heavy atom. The summed E-state index contributed by atoms with van der Waals surface area (Å²) < 4.78 is 51.0. The number of nitro benzene ring substituents is 1. The molecule has 0 saturated heterocycles. The van der Waals surface area contributed by atoms with Crippen LogP contribution in [0.2, 0.25) is 0 Å². The molecule has 0 fully saturated rings. The van der Waals surface area contributed by atoms with E-state index in [0.29, 0.717) is 0 Å². The van der Waals surface area contributed by atoms with Gasteiger partial charge in [-0.3, -0.25) is 10.1 Å². The smallest absolute Gasteiger partial charge is 0.288 e. The Morgan fingerprint density at radius 1 is 1.12 bits per heavy atom. The van der Waals surface area contributed by atoms with Crippen molar-refractivity contribution in [2.75, 3.05) is 11.6 Å². The maximum Gasteiger partial charge on any atom is 0.288 e. The number of nitro groups is 1. The Hall–Kier alpha value is -2.55. The van der Waals surface area contributed by atoms with Crippen molar-refractivity contribution < 1.29 is 22.1 Å². The number of nitrogens with zero attached hydrogens (tertiary/aromatic N) is 1. The Morgan fingerprint density at radius 2 is 1.77 bits per heavy atom. The lowest BCUT2D eigenvalue weighted by molar-refractivity contribution is -0.387. The first-order valence-corrected chi connectivity index (χ1v) is 9.60. The molecule has 6 nitrogen and oxygen atoms in total. The molecule has 2 aromatic rings. The molecule has 26 heavy (non-hydrogen) atoms. The SMILES string of the molecule is CC(C)C(Nc1ccc([N+](=O)[O-])c(S(C)(=O)=O)c1)c1ccc(F)cc1F. The summed E-state index contributed by atoms with van der Waals surface area (Å²) in [6.45, 7) is 3.62. The van der Waals surface area contributed by atoms with E-state index in [0.717, 1.165) is 30.5 Å². The third kappa shape index (κ3) is 4.34. The third-order valence-electron chi connectivity index (χ3n) is 3.84. The minimum Gasteiger partial charge on any atom is -0.378 e. The molecule has 1 atom stereocenters. The lowest BCUT2D eigenvalue weighted by Gasteiger charge is -2.24. The molecule has 0 aliphatic heterocycles. The highest BCUT2D eigenvalue weighted by Crippen LogP contribution is 2.32. The Kier molecular flexibility index (Phi) is 5.60. The molecule has 0 amide bonds. The van der Waals surface area contributed by atoms with Gasteiger partial charge in [0.25, 0.3) is 5.69 Å². The maximum absolute atomic E-state index is 14.1. The molecule has 140 valence electrons. The standard InChI is InChI=1S/C17H18F2N2O4S/c1-10(2)17(13-6-4-11(18)8-14(13)19)20-12-5-7-15(21(22)23)16(9-12)26(3,24)25/h4-10,17,20H,1-3H3. The second-order valence-corrected chi connectivity index (χ2v) is 8.23. The van der Waals surface area contributed by atoms with Crippen LogP contribution in [0.25, 0.3) is 0 Å². The van der Waals surface area contributed by atoms with Gasteiger partial charge in [-0.1, -0.05) is 19.9 Å². The van der Waals surface area contributed by atoms with Crippen LogP contribution in [0.1, 0.15) is 25.5 Å². The van der Waals surface area contributed by atoms with E-state index in [4.69, 9.17) is 0 Å². The van der Waals surface area contributed by atoms with Gasteiger partial charge >= 0.3 is 0 Å². The summed E-state index contributed by atoms with van der Waals surface area (Å²) in [5, 5.41) is 14.0. The van der Waals surface area contributed by atoms with E-state index in [2.05, 4.69) is 5.32 Å². The van der Waals surface area contributed by atoms with E-state index in [1.54, 1.807) is 0 Å². The molecule has 0 heterocycles. The molecule has 2 rings (SSSR count). The highest BCUT2D eigenvalue weighted by Gasteiger charge is 2.25. The molecule has 1 unspecified atom stereocenters.